The summed E-state index contributed by atoms with van der Waals surface area (Å²) < 4.78 is 0. The van der Waals surface area contributed by atoms with Gasteiger partial charge in [-0.3, -0.25) is 0 Å². The Bertz CT molecular complexity index is 8.00. The van der Waals surface area contributed by atoms with Crippen LogP contribution in [0.5, 0.6) is 0 Å². The van der Waals surface area contributed by atoms with Crippen LogP contribution >= 0.6 is 0 Å². The van der Waals surface area contributed by atoms with Gasteiger partial charge in [0.1, 0.15) is 0 Å². The van der Waals surface area contributed by atoms with Crippen molar-refractivity contribution in [3.63, 3.8) is 0 Å². The van der Waals surface area contributed by atoms with Crippen LogP contribution in [-0.2, 0) is 58.2 Å². The molecule has 0 rings (SSSR count). The Kier molecular flexibility index (Phi) is 86.6. The molecule has 0 N–H and O–H groups in total. The Labute approximate surface area is 63.0 Å². The van der Waals surface area contributed by atoms with E-state index in [1.54, 1.807) is 19.8 Å². The first-order valence-electron chi connectivity index (χ1n) is 0.408. The van der Waals surface area contributed by atoms with E-state index in [1.165, 1.54) is 0 Å². The molecular formula is CH3CrMoW. The first-order valence-corrected chi connectivity index (χ1v) is 3.34. The summed E-state index contributed by atoms with van der Waals surface area (Å²) in [6.07, 6.45) is 0. The molecule has 0 aromatic carbocycles. The topological polar surface area (TPSA) is 0 Å². The van der Waals surface area contributed by atoms with Crippen molar-refractivity contribution in [1.29, 1.82) is 0 Å². The van der Waals surface area contributed by atoms with E-state index in [0.717, 1.165) is 0 Å². The zero-order chi connectivity index (χ0) is 2.00. The molecule has 0 fully saturated rings. The molecule has 0 radical (unpaired) electrons. The Morgan fingerprint density at radius 3 is 1.25 bits per heavy atom. The van der Waals surface area contributed by atoms with Crippen molar-refractivity contribution in [2.45, 2.75) is 5.31 Å². The molecule has 0 nitrogen and oxygen atoms in total. The van der Waals surface area contributed by atoms with Gasteiger partial charge in [0.05, 0.1) is 0 Å². The predicted octanol–water partition coefficient (Wildman–Crippen LogP) is 0.576. The molecule has 0 saturated carbocycles. The third-order valence-electron chi connectivity index (χ3n) is 0. The zero-order valence-corrected chi connectivity index (χ0v) is 8.44. The van der Waals surface area contributed by atoms with Crippen LogP contribution in [0.15, 0.2) is 0 Å². The maximum absolute atomic E-state index is 2.08. The number of hydrogen-bond acceptors (Lipinski definition) is 0. The molecule has 0 aromatic heterocycles. The van der Waals surface area contributed by atoms with E-state index >= 15 is 0 Å². The number of hydrogen-bond donors (Lipinski definition) is 0. The van der Waals surface area contributed by atoms with E-state index in [2.05, 4.69) is 5.31 Å². The van der Waals surface area contributed by atoms with E-state index in [0.29, 0.717) is 0 Å². The molecule has 0 atom stereocenters. The molecule has 3 heteroatoms. The van der Waals surface area contributed by atoms with Crippen LogP contribution in [0.2, 0.25) is 5.31 Å². The van der Waals surface area contributed by atoms with Gasteiger partial charge in [0.15, 0.2) is 0 Å². The molecule has 4 heavy (non-hydrogen) atoms. The van der Waals surface area contributed by atoms with Gasteiger partial charge in [0, 0.05) is 38.4 Å². The Morgan fingerprint density at radius 1 is 1.25 bits per heavy atom. The van der Waals surface area contributed by atoms with Crippen molar-refractivity contribution in [3.8, 4) is 0 Å². The van der Waals surface area contributed by atoms with E-state index < -0.39 is 0 Å². The van der Waals surface area contributed by atoms with Gasteiger partial charge in [-0.05, 0) is 0 Å². The molecule has 25 valence electrons. The summed E-state index contributed by atoms with van der Waals surface area (Å²) in [5.41, 5.74) is 0. The molecule has 0 amide bonds. The van der Waals surface area contributed by atoms with Crippen molar-refractivity contribution in [1.82, 2.24) is 0 Å². The van der Waals surface area contributed by atoms with Crippen molar-refractivity contribution in [3.05, 3.63) is 0 Å². The van der Waals surface area contributed by atoms with Crippen molar-refractivity contribution >= 4 is 0 Å². The third-order valence-corrected chi connectivity index (χ3v) is 0. The van der Waals surface area contributed by atoms with Crippen molar-refractivity contribution in [2.24, 2.45) is 0 Å². The first kappa shape index (κ1) is 16.8. The molecule has 0 heterocycles. The summed E-state index contributed by atoms with van der Waals surface area (Å²) in [5.74, 6) is 0. The van der Waals surface area contributed by atoms with Crippen LogP contribution in [-0.4, -0.2) is 0 Å². The molecule has 0 aliphatic heterocycles. The SMILES string of the molecule is [CH3][W].[Cr].[Mo]. The van der Waals surface area contributed by atoms with Gasteiger partial charge in [-0.25, -0.2) is 0 Å². The summed E-state index contributed by atoms with van der Waals surface area (Å²) in [6, 6.07) is 0. The van der Waals surface area contributed by atoms with Crippen LogP contribution in [0.4, 0.5) is 0 Å². The monoisotopic (exact) mass is 349 g/mol. The second-order valence-corrected chi connectivity index (χ2v) is 0. The van der Waals surface area contributed by atoms with Gasteiger partial charge >= 0.3 is 25.1 Å². The zero-order valence-electron chi connectivity index (χ0n) is 2.22. The first-order chi connectivity index (χ1) is 1.00. The summed E-state index contributed by atoms with van der Waals surface area (Å²) in [5, 5.41) is 2.08. The van der Waals surface area contributed by atoms with Crippen molar-refractivity contribution in [2.75, 3.05) is 0 Å². The maximum Gasteiger partial charge on any atom is 0 e. The van der Waals surface area contributed by atoms with E-state index in [1.807, 2.05) is 0 Å². The van der Waals surface area contributed by atoms with Gasteiger partial charge in [0.25, 0.3) is 0 Å². The number of rotatable bonds is 0. The summed E-state index contributed by atoms with van der Waals surface area (Å²) in [6.45, 7) is 0. The van der Waals surface area contributed by atoms with Gasteiger partial charge in [0.2, 0.25) is 0 Å². The quantitative estimate of drug-likeness (QED) is 0.563. The minimum atomic E-state index is 0. The molecule has 0 aliphatic carbocycles. The molecule has 0 unspecified atom stereocenters. The Morgan fingerprint density at radius 2 is 1.25 bits per heavy atom. The van der Waals surface area contributed by atoms with Crippen LogP contribution in [0.1, 0.15) is 0 Å². The Balaban J connectivity index is -0.00000000500. The van der Waals surface area contributed by atoms with Gasteiger partial charge in [-0.15, -0.1) is 0 Å². The second-order valence-electron chi connectivity index (χ2n) is 0. The maximum atomic E-state index is 2.08. The minimum Gasteiger partial charge on any atom is 0 e. The summed E-state index contributed by atoms with van der Waals surface area (Å²) >= 11 is 1.58. The fourth-order valence-corrected chi connectivity index (χ4v) is 0. The average Bonchev–Trinajstić information content (AvgIpc) is 1.00. The van der Waals surface area contributed by atoms with E-state index in [4.69, 9.17) is 0 Å². The van der Waals surface area contributed by atoms with Gasteiger partial charge in [-0.2, -0.15) is 0 Å². The average molecular weight is 347 g/mol. The Hall–Kier alpha value is 1.91. The molecule has 0 aromatic rings. The smallest absolute Gasteiger partial charge is 0 e. The summed E-state index contributed by atoms with van der Waals surface area (Å²) in [4.78, 5) is 0. The van der Waals surface area contributed by atoms with E-state index in [9.17, 15) is 0 Å². The molecule has 0 aliphatic rings. The molecular weight excluding hydrogens is 344 g/mol. The van der Waals surface area contributed by atoms with Crippen LogP contribution in [0.3, 0.4) is 0 Å². The van der Waals surface area contributed by atoms with Crippen LogP contribution in [0.25, 0.3) is 0 Å². The van der Waals surface area contributed by atoms with Gasteiger partial charge < -0.3 is 0 Å². The minimum absolute atomic E-state index is 0. The fraction of sp³-hybridized carbons (Fsp3) is 1.00. The van der Waals surface area contributed by atoms with Crippen LogP contribution < -0.4 is 0 Å². The standard InChI is InChI=1S/CH3.Cr.Mo.W/h1H3;;;. The van der Waals surface area contributed by atoms with Gasteiger partial charge in [-0.1, -0.05) is 0 Å². The second kappa shape index (κ2) is 20.6. The van der Waals surface area contributed by atoms with Crippen molar-refractivity contribution < 1.29 is 58.2 Å². The largest absolute Gasteiger partial charge is 0 e. The molecule has 0 spiro atoms. The van der Waals surface area contributed by atoms with Crippen LogP contribution in [0, 0.1) is 0 Å². The molecule has 0 bridgehead atoms. The fourth-order valence-electron chi connectivity index (χ4n) is 0. The summed E-state index contributed by atoms with van der Waals surface area (Å²) in [7, 11) is 0. The normalized spacial score (nSPS) is 1.25. The third kappa shape index (κ3) is 9.08. The molecule has 0 saturated heterocycles. The predicted molar refractivity (Wildman–Crippen MR) is 5.86 cm³/mol. The van der Waals surface area contributed by atoms with E-state index in [-0.39, 0.29) is 38.4 Å².